The van der Waals surface area contributed by atoms with E-state index in [2.05, 4.69) is 12.6 Å². The molecule has 0 aromatic heterocycles. The molecule has 0 heterocycles. The second kappa shape index (κ2) is 2.87. The minimum Gasteiger partial charge on any atom is -0.781 e. The molecule has 0 fully saturated rings. The zero-order valence-corrected chi connectivity index (χ0v) is 4.27. The van der Waals surface area contributed by atoms with E-state index in [9.17, 15) is 9.90 Å². The summed E-state index contributed by atoms with van der Waals surface area (Å²) in [6.45, 7) is -0.530. The number of carboxylic acid groups (broad SMARTS) is 1. The van der Waals surface area contributed by atoms with E-state index < -0.39 is 17.8 Å². The zero-order chi connectivity index (χ0) is 5.86. The van der Waals surface area contributed by atoms with Gasteiger partial charge in [0.25, 0.3) is 0 Å². The van der Waals surface area contributed by atoms with Gasteiger partial charge in [-0.15, -0.1) is 0 Å². The van der Waals surface area contributed by atoms with Crippen LogP contribution in [0.15, 0.2) is 0 Å². The standard InChI is InChI=1S/C3H6O3S/c4-1-2(7)3(5)6/h2,4,7H,1H2,(H,5,6)/p-2. The first-order chi connectivity index (χ1) is 3.18. The third kappa shape index (κ3) is 2.47. The summed E-state index contributed by atoms with van der Waals surface area (Å²) in [5.41, 5.74) is 0. The molecule has 7 heavy (non-hydrogen) atoms. The summed E-state index contributed by atoms with van der Waals surface area (Å²) in [4.78, 5) is 9.56. The summed E-state index contributed by atoms with van der Waals surface area (Å²) in [6.07, 6.45) is 0. The quantitative estimate of drug-likeness (QED) is 0.414. The third-order valence-electron chi connectivity index (χ3n) is 0.429. The lowest BCUT2D eigenvalue weighted by molar-refractivity contribution is -0.305. The predicted molar refractivity (Wildman–Crippen MR) is 23.2 cm³/mol. The molecule has 1 N–H and O–H groups in total. The van der Waals surface area contributed by atoms with Crippen molar-refractivity contribution in [3.05, 3.63) is 0 Å². The van der Waals surface area contributed by atoms with Gasteiger partial charge in [0.1, 0.15) is 0 Å². The Bertz CT molecular complexity index is 72.6. The van der Waals surface area contributed by atoms with Crippen LogP contribution in [0.25, 0.3) is 0 Å². The minimum absolute atomic E-state index is 0.530. The van der Waals surface area contributed by atoms with Gasteiger partial charge in [-0.1, -0.05) is 5.25 Å². The molecular formula is C3H4O3S-2. The highest BCUT2D eigenvalue weighted by Crippen LogP contribution is 1.75. The molecule has 0 aromatic carbocycles. The molecule has 0 aliphatic carbocycles. The summed E-state index contributed by atoms with van der Waals surface area (Å²) in [5, 5.41) is 16.4. The fourth-order valence-corrected chi connectivity index (χ4v) is 0.0745. The molecule has 1 atom stereocenters. The molecule has 0 aliphatic heterocycles. The molecule has 42 valence electrons. The number of carboxylic acids is 1. The van der Waals surface area contributed by atoms with Crippen molar-refractivity contribution >= 4 is 18.6 Å². The van der Waals surface area contributed by atoms with Crippen molar-refractivity contribution < 1.29 is 15.0 Å². The van der Waals surface area contributed by atoms with Gasteiger partial charge in [-0.2, -0.15) is 0 Å². The van der Waals surface area contributed by atoms with Crippen molar-refractivity contribution in [3.63, 3.8) is 0 Å². The van der Waals surface area contributed by atoms with Crippen molar-refractivity contribution in [1.29, 1.82) is 0 Å². The van der Waals surface area contributed by atoms with Crippen LogP contribution < -0.4 is 5.11 Å². The van der Waals surface area contributed by atoms with E-state index >= 15 is 0 Å². The van der Waals surface area contributed by atoms with Crippen LogP contribution in [0.5, 0.6) is 0 Å². The molecule has 0 rings (SSSR count). The molecular weight excluding hydrogens is 116 g/mol. The molecule has 0 bridgehead atoms. The highest BCUT2D eigenvalue weighted by Gasteiger charge is 1.85. The summed E-state index contributed by atoms with van der Waals surface area (Å²) in [7, 11) is 0. The van der Waals surface area contributed by atoms with Gasteiger partial charge in [-0.3, -0.25) is 0 Å². The molecule has 0 aliphatic rings. The number of rotatable bonds is 2. The predicted octanol–water partition coefficient (Wildman–Crippen LogP) is -2.36. The summed E-state index contributed by atoms with van der Waals surface area (Å²) < 4.78 is 0. The SMILES string of the molecule is O=C([O-])C([S-])CO. The molecule has 0 amide bonds. The van der Waals surface area contributed by atoms with Crippen LogP contribution in [0.3, 0.4) is 0 Å². The van der Waals surface area contributed by atoms with Gasteiger partial charge in [0.15, 0.2) is 0 Å². The monoisotopic (exact) mass is 120 g/mol. The van der Waals surface area contributed by atoms with E-state index in [4.69, 9.17) is 5.11 Å². The minimum atomic E-state index is -1.39. The number of aliphatic hydroxyl groups excluding tert-OH is 1. The number of hydrogen-bond acceptors (Lipinski definition) is 4. The van der Waals surface area contributed by atoms with Crippen molar-refractivity contribution in [2.75, 3.05) is 6.61 Å². The highest BCUT2D eigenvalue weighted by atomic mass is 32.1. The van der Waals surface area contributed by atoms with Gasteiger partial charge in [-0.05, 0) is 0 Å². The van der Waals surface area contributed by atoms with E-state index in [-0.39, 0.29) is 0 Å². The fourth-order valence-electron chi connectivity index (χ4n) is 0.0745. The first kappa shape index (κ1) is 6.78. The topological polar surface area (TPSA) is 60.4 Å². The Hall–Kier alpha value is -0.220. The van der Waals surface area contributed by atoms with Gasteiger partial charge in [0.05, 0.1) is 0 Å². The number of aliphatic hydroxyl groups is 1. The second-order valence-corrected chi connectivity index (χ2v) is 1.56. The molecule has 0 saturated carbocycles. The zero-order valence-electron chi connectivity index (χ0n) is 3.46. The highest BCUT2D eigenvalue weighted by molar-refractivity contribution is 7.60. The van der Waals surface area contributed by atoms with Crippen LogP contribution in [0.4, 0.5) is 0 Å². The molecule has 0 spiro atoms. The van der Waals surface area contributed by atoms with Crippen molar-refractivity contribution in [1.82, 2.24) is 0 Å². The van der Waals surface area contributed by atoms with Crippen LogP contribution in [-0.2, 0) is 17.4 Å². The number of aliphatic carboxylic acids is 1. The Balaban J connectivity index is 3.34. The lowest BCUT2D eigenvalue weighted by atomic mass is 10.5. The maximum Gasteiger partial charge on any atom is 0.0290 e. The largest absolute Gasteiger partial charge is 0.781 e. The van der Waals surface area contributed by atoms with Crippen LogP contribution >= 0.6 is 0 Å². The fraction of sp³-hybridized carbons (Fsp3) is 0.667. The molecule has 1 unspecified atom stereocenters. The number of carbonyl (C=O) groups excluding carboxylic acids is 1. The average molecular weight is 120 g/mol. The Morgan fingerprint density at radius 3 is 2.43 bits per heavy atom. The van der Waals surface area contributed by atoms with Crippen LogP contribution in [0.1, 0.15) is 0 Å². The molecule has 3 nitrogen and oxygen atoms in total. The maximum absolute atomic E-state index is 9.56. The number of hydrogen-bond donors (Lipinski definition) is 1. The van der Waals surface area contributed by atoms with Gasteiger partial charge >= 0.3 is 0 Å². The molecule has 4 heteroatoms. The average Bonchev–Trinajstić information content (AvgIpc) is 1.65. The van der Waals surface area contributed by atoms with E-state index in [1.54, 1.807) is 0 Å². The summed E-state index contributed by atoms with van der Waals surface area (Å²) in [5.74, 6) is -1.39. The van der Waals surface area contributed by atoms with E-state index in [1.165, 1.54) is 0 Å². The van der Waals surface area contributed by atoms with Crippen LogP contribution in [-0.4, -0.2) is 22.9 Å². The van der Waals surface area contributed by atoms with Gasteiger partial charge in [0, 0.05) is 12.6 Å². The Labute approximate surface area is 46.4 Å². The lowest BCUT2D eigenvalue weighted by Crippen LogP contribution is -2.36. The smallest absolute Gasteiger partial charge is 0.0290 e. The molecule has 0 saturated heterocycles. The third-order valence-corrected chi connectivity index (χ3v) is 0.770. The first-order valence-electron chi connectivity index (χ1n) is 1.66. The van der Waals surface area contributed by atoms with Crippen molar-refractivity contribution in [2.24, 2.45) is 0 Å². The van der Waals surface area contributed by atoms with Crippen LogP contribution in [0.2, 0.25) is 0 Å². The van der Waals surface area contributed by atoms with E-state index in [1.807, 2.05) is 0 Å². The normalized spacial score (nSPS) is 13.4. The van der Waals surface area contributed by atoms with Crippen molar-refractivity contribution in [3.8, 4) is 0 Å². The Morgan fingerprint density at radius 2 is 2.43 bits per heavy atom. The Kier molecular flexibility index (Phi) is 2.78. The van der Waals surface area contributed by atoms with E-state index in [0.717, 1.165) is 0 Å². The molecule has 0 radical (unpaired) electrons. The first-order valence-corrected chi connectivity index (χ1v) is 2.13. The van der Waals surface area contributed by atoms with Gasteiger partial charge in [0.2, 0.25) is 0 Å². The maximum atomic E-state index is 9.56. The van der Waals surface area contributed by atoms with Gasteiger partial charge in [-0.25, -0.2) is 0 Å². The Morgan fingerprint density at radius 1 is 2.00 bits per heavy atom. The second-order valence-electron chi connectivity index (χ2n) is 0.990. The number of carbonyl (C=O) groups is 1. The molecule has 0 aromatic rings. The van der Waals surface area contributed by atoms with E-state index in [0.29, 0.717) is 0 Å². The van der Waals surface area contributed by atoms with Crippen LogP contribution in [0, 0.1) is 0 Å². The van der Waals surface area contributed by atoms with Gasteiger partial charge < -0.3 is 27.6 Å². The lowest BCUT2D eigenvalue weighted by Gasteiger charge is -2.19. The summed E-state index contributed by atoms with van der Waals surface area (Å²) >= 11 is 4.15. The van der Waals surface area contributed by atoms with Crippen molar-refractivity contribution in [2.45, 2.75) is 5.25 Å². The summed E-state index contributed by atoms with van der Waals surface area (Å²) in [6, 6.07) is 0.